The Balaban J connectivity index is 2.11. The summed E-state index contributed by atoms with van der Waals surface area (Å²) in [6.07, 6.45) is 12.8. The predicted octanol–water partition coefficient (Wildman–Crippen LogP) is 5.61. The standard InChI is InChI=1S/C11H11.C5H5.2ClH.Zr/c1-8-3-5-10-6-4-9(2)11(10)7-8;1-2-4-5-3-1;;;/h3-7H,1-2H3;1-5H;2*1H;/q;;;;+2/p-2. The van der Waals surface area contributed by atoms with Crippen molar-refractivity contribution in [2.24, 2.45) is 0 Å². The molecule has 0 bridgehead atoms. The molecule has 0 saturated heterocycles. The van der Waals surface area contributed by atoms with E-state index in [-0.39, 0.29) is 6.75 Å². The summed E-state index contributed by atoms with van der Waals surface area (Å²) < 4.78 is 0.0850. The second-order valence-electron chi connectivity index (χ2n) is 5.54. The molecular formula is C16H16Cl2Zr. The van der Waals surface area contributed by atoms with Gasteiger partial charge in [0.1, 0.15) is 0 Å². The molecule has 19 heavy (non-hydrogen) atoms. The molecule has 98 valence electrons. The average molecular weight is 370 g/mol. The molecule has 0 N–H and O–H groups in total. The van der Waals surface area contributed by atoms with Crippen LogP contribution >= 0.6 is 17.0 Å². The maximum absolute atomic E-state index is 6.99. The maximum atomic E-state index is 6.99. The first kappa shape index (κ1) is 13.9. The zero-order valence-electron chi connectivity index (χ0n) is 11.0. The molecule has 0 amide bonds. The number of benzene rings is 1. The van der Waals surface area contributed by atoms with Crippen molar-refractivity contribution in [3.8, 4) is 0 Å². The van der Waals surface area contributed by atoms with E-state index in [0.29, 0.717) is 0 Å². The Morgan fingerprint density at radius 1 is 1.16 bits per heavy atom. The molecule has 3 rings (SSSR count). The van der Waals surface area contributed by atoms with E-state index in [1.807, 2.05) is 0 Å². The molecule has 1 atom stereocenters. The molecule has 3 heteroatoms. The molecule has 0 fully saturated rings. The molecule has 1 aromatic carbocycles. The van der Waals surface area contributed by atoms with Crippen LogP contribution in [0, 0.1) is 6.92 Å². The molecule has 1 aromatic rings. The van der Waals surface area contributed by atoms with Crippen molar-refractivity contribution in [1.82, 2.24) is 0 Å². The molecule has 2 aliphatic carbocycles. The summed E-state index contributed by atoms with van der Waals surface area (Å²) in [5, 5.41) is 0. The van der Waals surface area contributed by atoms with Gasteiger partial charge in [-0.3, -0.25) is 0 Å². The quantitative estimate of drug-likeness (QED) is 0.634. The van der Waals surface area contributed by atoms with Gasteiger partial charge in [0.25, 0.3) is 0 Å². The molecule has 0 radical (unpaired) electrons. The van der Waals surface area contributed by atoms with E-state index in [4.69, 9.17) is 17.0 Å². The Bertz CT molecular complexity index is 601. The molecule has 0 saturated carbocycles. The van der Waals surface area contributed by atoms with Crippen molar-refractivity contribution in [1.29, 1.82) is 0 Å². The normalized spacial score (nSPS) is 25.3. The molecule has 1 unspecified atom stereocenters. The summed E-state index contributed by atoms with van der Waals surface area (Å²) in [5.74, 6) is 0. The van der Waals surface area contributed by atoms with Gasteiger partial charge in [0.05, 0.1) is 0 Å². The Hall–Kier alpha value is -0.0969. The van der Waals surface area contributed by atoms with Crippen molar-refractivity contribution in [2.45, 2.75) is 20.6 Å². The number of halogens is 2. The van der Waals surface area contributed by atoms with E-state index in [1.54, 1.807) is 0 Å². The number of allylic oxidation sites excluding steroid dienone is 5. The van der Waals surface area contributed by atoms with E-state index >= 15 is 0 Å². The van der Waals surface area contributed by atoms with E-state index in [9.17, 15) is 0 Å². The molecule has 0 spiro atoms. The molecule has 0 nitrogen and oxygen atoms in total. The van der Waals surface area contributed by atoms with Gasteiger partial charge in [-0.25, -0.2) is 0 Å². The Morgan fingerprint density at radius 3 is 2.53 bits per heavy atom. The van der Waals surface area contributed by atoms with Crippen molar-refractivity contribution in [3.63, 3.8) is 0 Å². The Morgan fingerprint density at radius 2 is 1.84 bits per heavy atom. The van der Waals surface area contributed by atoms with Crippen LogP contribution in [0.2, 0.25) is 3.63 Å². The first-order chi connectivity index (χ1) is 8.95. The first-order valence-electron chi connectivity index (χ1n) is 6.48. The van der Waals surface area contributed by atoms with Crippen LogP contribution in [0.1, 0.15) is 23.6 Å². The van der Waals surface area contributed by atoms with Crippen LogP contribution in [0.4, 0.5) is 0 Å². The fourth-order valence-electron chi connectivity index (χ4n) is 2.92. The van der Waals surface area contributed by atoms with Gasteiger partial charge in [-0.1, -0.05) is 0 Å². The van der Waals surface area contributed by atoms with Crippen LogP contribution < -0.4 is 0 Å². The molecule has 0 heterocycles. The first-order valence-corrected chi connectivity index (χ1v) is 15.5. The number of fused-ring (bicyclic) bond motifs is 1. The fraction of sp³-hybridized carbons (Fsp3) is 0.250. The second kappa shape index (κ2) is 4.72. The third-order valence-electron chi connectivity index (χ3n) is 4.22. The van der Waals surface area contributed by atoms with Crippen molar-refractivity contribution >= 4 is 23.1 Å². The number of aryl methyl sites for hydroxylation is 1. The van der Waals surface area contributed by atoms with E-state index < -0.39 is 17.9 Å². The summed E-state index contributed by atoms with van der Waals surface area (Å²) in [5.41, 5.74) is 3.84. The van der Waals surface area contributed by atoms with Crippen LogP contribution in [0.15, 0.2) is 48.6 Å². The Labute approximate surface area is 126 Å². The monoisotopic (exact) mass is 368 g/mol. The van der Waals surface area contributed by atoms with Gasteiger partial charge in [-0.2, -0.15) is 0 Å². The zero-order chi connectivity index (χ0) is 13.7. The van der Waals surface area contributed by atoms with Crippen LogP contribution in [0.3, 0.4) is 0 Å². The Kier molecular flexibility index (Phi) is 3.45. The van der Waals surface area contributed by atoms with Crippen molar-refractivity contribution in [2.75, 3.05) is 0 Å². The van der Waals surface area contributed by atoms with Crippen molar-refractivity contribution in [3.05, 3.63) is 65.3 Å². The molecule has 2 aliphatic rings. The second-order valence-corrected chi connectivity index (χ2v) is 21.0. The van der Waals surface area contributed by atoms with Gasteiger partial charge < -0.3 is 0 Å². The number of rotatable bonds is 2. The minimum absolute atomic E-state index is 0.164. The fourth-order valence-corrected chi connectivity index (χ4v) is 12.2. The van der Waals surface area contributed by atoms with Crippen LogP contribution in [-0.2, 0) is 21.0 Å². The summed E-state index contributed by atoms with van der Waals surface area (Å²) in [6, 6.07) is 6.56. The molecule has 0 aromatic heterocycles. The molecular weight excluding hydrogens is 354 g/mol. The van der Waals surface area contributed by atoms with E-state index in [0.717, 1.165) is 0 Å². The van der Waals surface area contributed by atoms with Gasteiger partial charge in [0, 0.05) is 0 Å². The van der Waals surface area contributed by atoms with E-state index in [2.05, 4.69) is 68.5 Å². The van der Waals surface area contributed by atoms with Gasteiger partial charge >= 0.3 is 127 Å². The van der Waals surface area contributed by atoms with Gasteiger partial charge in [-0.15, -0.1) is 0 Å². The minimum atomic E-state index is -3.41. The third-order valence-corrected chi connectivity index (χ3v) is 19.3. The summed E-state index contributed by atoms with van der Waals surface area (Å²) in [6.45, 7) is 4.33. The van der Waals surface area contributed by atoms with Gasteiger partial charge in [-0.05, 0) is 0 Å². The van der Waals surface area contributed by atoms with Crippen LogP contribution in [0.5, 0.6) is 0 Å². The van der Waals surface area contributed by atoms with Crippen LogP contribution in [-0.4, -0.2) is 0 Å². The van der Waals surface area contributed by atoms with Gasteiger partial charge in [0.2, 0.25) is 0 Å². The SMILES string of the molecule is Cc1ccc2c(c1)[C](C)([Zr]([Cl])([Cl])[CH]1C=CC=C1)C=C2. The summed E-state index contributed by atoms with van der Waals surface area (Å²) in [7, 11) is 14.0. The summed E-state index contributed by atoms with van der Waals surface area (Å²) in [4.78, 5) is 0. The number of hydrogen-bond acceptors (Lipinski definition) is 0. The van der Waals surface area contributed by atoms with Crippen molar-refractivity contribution < 1.29 is 17.9 Å². The third kappa shape index (κ3) is 2.06. The van der Waals surface area contributed by atoms with E-state index in [1.165, 1.54) is 16.7 Å². The van der Waals surface area contributed by atoms with Gasteiger partial charge in [0.15, 0.2) is 0 Å². The zero-order valence-corrected chi connectivity index (χ0v) is 15.0. The summed E-state index contributed by atoms with van der Waals surface area (Å²) >= 11 is -3.41. The number of hydrogen-bond donors (Lipinski definition) is 0. The van der Waals surface area contributed by atoms with Crippen LogP contribution in [0.25, 0.3) is 6.08 Å². The molecule has 0 aliphatic heterocycles. The predicted molar refractivity (Wildman–Crippen MR) is 81.3 cm³/mol. The average Bonchev–Trinajstić information content (AvgIpc) is 2.99. The topological polar surface area (TPSA) is 0 Å².